The molecule has 0 unspecified atom stereocenters. The van der Waals surface area contributed by atoms with Crippen molar-refractivity contribution >= 4 is 11.9 Å². The summed E-state index contributed by atoms with van der Waals surface area (Å²) in [6.45, 7) is 3.39. The smallest absolute Gasteiger partial charge is 0.306 e. The lowest BCUT2D eigenvalue weighted by Crippen LogP contribution is -2.26. The summed E-state index contributed by atoms with van der Waals surface area (Å²) in [6, 6.07) is 0. The Morgan fingerprint density at radius 2 is 2.00 bits per heavy atom. The highest BCUT2D eigenvalue weighted by molar-refractivity contribution is 5.81. The normalized spacial score (nSPS) is 10.0. The van der Waals surface area contributed by atoms with Crippen LogP contribution in [0.5, 0.6) is 0 Å². The molecule has 0 aliphatic carbocycles. The fraction of sp³-hybridized carbons (Fsp3) is 0.818. The van der Waals surface area contributed by atoms with Gasteiger partial charge >= 0.3 is 5.97 Å². The highest BCUT2D eigenvalue weighted by Crippen LogP contribution is 1.93. The van der Waals surface area contributed by atoms with Gasteiger partial charge in [0.1, 0.15) is 0 Å². The largest absolute Gasteiger partial charge is 0.466 e. The summed E-state index contributed by atoms with van der Waals surface area (Å²) in [5, 5.41) is 11.1. The van der Waals surface area contributed by atoms with Crippen molar-refractivity contribution in [3.05, 3.63) is 0 Å². The maximum Gasteiger partial charge on any atom is 0.306 e. The van der Waals surface area contributed by atoms with Gasteiger partial charge in [0.05, 0.1) is 26.2 Å². The maximum absolute atomic E-state index is 11.2. The van der Waals surface area contributed by atoms with Crippen molar-refractivity contribution in [1.29, 1.82) is 0 Å². The second-order valence-corrected chi connectivity index (χ2v) is 3.34. The molecule has 100 valence electrons. The van der Waals surface area contributed by atoms with Gasteiger partial charge in [0.2, 0.25) is 5.91 Å². The van der Waals surface area contributed by atoms with Gasteiger partial charge in [-0.05, 0) is 13.3 Å². The topological polar surface area (TPSA) is 84.9 Å². The Morgan fingerprint density at radius 1 is 1.24 bits per heavy atom. The molecule has 0 fully saturated rings. The minimum absolute atomic E-state index is 0.00585. The number of ether oxygens (including phenoxy) is 2. The summed E-state index contributed by atoms with van der Waals surface area (Å²) in [4.78, 5) is 22.2. The summed E-state index contributed by atoms with van der Waals surface area (Å²) >= 11 is 0. The Balaban J connectivity index is 3.31. The third-order valence-corrected chi connectivity index (χ3v) is 1.88. The molecule has 0 atom stereocenters. The van der Waals surface area contributed by atoms with Crippen molar-refractivity contribution < 1.29 is 24.2 Å². The summed E-state index contributed by atoms with van der Waals surface area (Å²) < 4.78 is 9.72. The molecule has 0 heterocycles. The van der Waals surface area contributed by atoms with Gasteiger partial charge in [0.15, 0.2) is 0 Å². The van der Waals surface area contributed by atoms with Crippen LogP contribution in [-0.2, 0) is 19.1 Å². The third kappa shape index (κ3) is 11.1. The van der Waals surface area contributed by atoms with Gasteiger partial charge in [-0.2, -0.15) is 0 Å². The van der Waals surface area contributed by atoms with Gasteiger partial charge in [-0.3, -0.25) is 9.59 Å². The van der Waals surface area contributed by atoms with Crippen molar-refractivity contribution in [3.63, 3.8) is 0 Å². The average Bonchev–Trinajstić information content (AvgIpc) is 2.31. The third-order valence-electron chi connectivity index (χ3n) is 1.88. The molecule has 2 N–H and O–H groups in total. The monoisotopic (exact) mass is 247 g/mol. The Hall–Kier alpha value is -1.14. The molecule has 0 radical (unpaired) electrons. The summed E-state index contributed by atoms with van der Waals surface area (Å²) in [6.07, 6.45) is 0.947. The SMILES string of the molecule is CCOC(=O)CCC(=O)NCCCOCCO. The van der Waals surface area contributed by atoms with E-state index in [1.165, 1.54) is 0 Å². The molecule has 0 saturated carbocycles. The van der Waals surface area contributed by atoms with E-state index in [4.69, 9.17) is 14.6 Å². The number of nitrogens with one attached hydrogen (secondary N) is 1. The molecule has 1 amide bonds. The van der Waals surface area contributed by atoms with E-state index in [1.807, 2.05) is 0 Å². The lowest BCUT2D eigenvalue weighted by Gasteiger charge is -2.05. The predicted molar refractivity (Wildman–Crippen MR) is 61.4 cm³/mol. The molecule has 0 saturated heterocycles. The summed E-state index contributed by atoms with van der Waals surface area (Å²) in [5.74, 6) is -0.519. The highest BCUT2D eigenvalue weighted by atomic mass is 16.5. The maximum atomic E-state index is 11.2. The fourth-order valence-electron chi connectivity index (χ4n) is 1.11. The Morgan fingerprint density at radius 3 is 2.65 bits per heavy atom. The van der Waals surface area contributed by atoms with Crippen LogP contribution in [-0.4, -0.2) is 50.0 Å². The molecule has 0 rings (SSSR count). The zero-order valence-corrected chi connectivity index (χ0v) is 10.2. The summed E-state index contributed by atoms with van der Waals surface area (Å²) in [7, 11) is 0. The number of hydrogen-bond acceptors (Lipinski definition) is 5. The number of carbonyl (C=O) groups excluding carboxylic acids is 2. The lowest BCUT2D eigenvalue weighted by atomic mass is 10.3. The van der Waals surface area contributed by atoms with E-state index < -0.39 is 0 Å². The molecule has 0 bridgehead atoms. The second kappa shape index (κ2) is 11.3. The highest BCUT2D eigenvalue weighted by Gasteiger charge is 2.06. The molecule has 0 aliphatic rings. The second-order valence-electron chi connectivity index (χ2n) is 3.34. The molecule has 17 heavy (non-hydrogen) atoms. The number of esters is 1. The van der Waals surface area contributed by atoms with Crippen LogP contribution in [0.3, 0.4) is 0 Å². The zero-order chi connectivity index (χ0) is 12.9. The van der Waals surface area contributed by atoms with Crippen LogP contribution in [0.1, 0.15) is 26.2 Å². The number of hydrogen-bond donors (Lipinski definition) is 2. The number of carbonyl (C=O) groups is 2. The molecular formula is C11H21NO5. The minimum Gasteiger partial charge on any atom is -0.466 e. The van der Waals surface area contributed by atoms with E-state index in [2.05, 4.69) is 5.32 Å². The van der Waals surface area contributed by atoms with Crippen molar-refractivity contribution in [1.82, 2.24) is 5.32 Å². The first kappa shape index (κ1) is 15.9. The van der Waals surface area contributed by atoms with E-state index in [0.29, 0.717) is 32.8 Å². The molecule has 0 aromatic carbocycles. The number of aliphatic hydroxyl groups is 1. The molecule has 0 aromatic heterocycles. The fourth-order valence-corrected chi connectivity index (χ4v) is 1.11. The molecular weight excluding hydrogens is 226 g/mol. The van der Waals surface area contributed by atoms with Crippen molar-refractivity contribution in [2.24, 2.45) is 0 Å². The van der Waals surface area contributed by atoms with Gasteiger partial charge < -0.3 is 19.9 Å². The van der Waals surface area contributed by atoms with Crippen LogP contribution in [0.15, 0.2) is 0 Å². The van der Waals surface area contributed by atoms with Crippen LogP contribution >= 0.6 is 0 Å². The van der Waals surface area contributed by atoms with Crippen LogP contribution in [0, 0.1) is 0 Å². The standard InChI is InChI=1S/C11H21NO5/c1-2-17-11(15)5-4-10(14)12-6-3-8-16-9-7-13/h13H,2-9H2,1H3,(H,12,14). The number of aliphatic hydroxyl groups excluding tert-OH is 1. The Bertz CT molecular complexity index is 220. The minimum atomic E-state index is -0.353. The summed E-state index contributed by atoms with van der Waals surface area (Å²) in [5.41, 5.74) is 0. The van der Waals surface area contributed by atoms with Crippen LogP contribution in [0.2, 0.25) is 0 Å². The molecule has 6 heteroatoms. The quantitative estimate of drug-likeness (QED) is 0.414. The average molecular weight is 247 g/mol. The van der Waals surface area contributed by atoms with Crippen molar-refractivity contribution in [3.8, 4) is 0 Å². The Labute approximate surface area is 101 Å². The van der Waals surface area contributed by atoms with Crippen LogP contribution in [0.4, 0.5) is 0 Å². The molecule has 0 aromatic rings. The van der Waals surface area contributed by atoms with Crippen molar-refractivity contribution in [2.75, 3.05) is 33.0 Å². The van der Waals surface area contributed by atoms with Gasteiger partial charge in [0.25, 0.3) is 0 Å². The number of rotatable bonds is 10. The molecule has 0 spiro atoms. The molecule has 0 aliphatic heterocycles. The zero-order valence-electron chi connectivity index (χ0n) is 10.2. The van der Waals surface area contributed by atoms with Gasteiger partial charge in [-0.15, -0.1) is 0 Å². The van der Waals surface area contributed by atoms with Gasteiger partial charge in [-0.1, -0.05) is 0 Å². The van der Waals surface area contributed by atoms with Gasteiger partial charge in [0, 0.05) is 19.6 Å². The van der Waals surface area contributed by atoms with Crippen molar-refractivity contribution in [2.45, 2.75) is 26.2 Å². The van der Waals surface area contributed by atoms with Crippen LogP contribution in [0.25, 0.3) is 0 Å². The first-order valence-corrected chi connectivity index (χ1v) is 5.81. The van der Waals surface area contributed by atoms with Crippen LogP contribution < -0.4 is 5.32 Å². The number of amides is 1. The molecule has 6 nitrogen and oxygen atoms in total. The lowest BCUT2D eigenvalue weighted by molar-refractivity contribution is -0.144. The van der Waals surface area contributed by atoms with E-state index in [0.717, 1.165) is 0 Å². The van der Waals surface area contributed by atoms with E-state index in [-0.39, 0.29) is 31.3 Å². The van der Waals surface area contributed by atoms with E-state index in [9.17, 15) is 9.59 Å². The van der Waals surface area contributed by atoms with E-state index in [1.54, 1.807) is 6.92 Å². The first-order valence-electron chi connectivity index (χ1n) is 5.81. The Kier molecular flexibility index (Phi) is 10.6. The van der Waals surface area contributed by atoms with E-state index >= 15 is 0 Å². The van der Waals surface area contributed by atoms with Gasteiger partial charge in [-0.25, -0.2) is 0 Å². The first-order chi connectivity index (χ1) is 8.20. The predicted octanol–water partition coefficient (Wildman–Crippen LogP) is -0.155.